The van der Waals surface area contributed by atoms with Crippen LogP contribution in [0.5, 0.6) is 11.5 Å². The number of amides is 1. The van der Waals surface area contributed by atoms with Gasteiger partial charge in [-0.25, -0.2) is 9.79 Å². The van der Waals surface area contributed by atoms with Gasteiger partial charge < -0.3 is 19.5 Å². The fraction of sp³-hybridized carbons (Fsp3) is 0.148. The first-order valence-electron chi connectivity index (χ1n) is 11.0. The lowest BCUT2D eigenvalue weighted by Crippen LogP contribution is -2.07. The molecule has 0 unspecified atom stereocenters. The predicted molar refractivity (Wildman–Crippen MR) is 135 cm³/mol. The number of rotatable bonds is 8. The van der Waals surface area contributed by atoms with Gasteiger partial charge >= 0.3 is 5.97 Å². The van der Waals surface area contributed by atoms with Crippen LogP contribution in [0.2, 0.25) is 5.02 Å². The number of carbonyl (C=O) groups is 2. The van der Waals surface area contributed by atoms with Gasteiger partial charge in [0.1, 0.15) is 6.61 Å². The lowest BCUT2D eigenvalue weighted by Gasteiger charge is -2.13. The first kappa shape index (κ1) is 24.0. The monoisotopic (exact) mass is 490 g/mol. The van der Waals surface area contributed by atoms with Crippen LogP contribution in [0.3, 0.4) is 0 Å². The molecule has 8 heteroatoms. The largest absolute Gasteiger partial charge is 0.490 e. The van der Waals surface area contributed by atoms with Crippen LogP contribution in [0.15, 0.2) is 77.4 Å². The van der Waals surface area contributed by atoms with E-state index in [-0.39, 0.29) is 17.5 Å². The highest BCUT2D eigenvalue weighted by molar-refractivity contribution is 6.30. The molecular formula is C27H23ClN2O5. The zero-order valence-corrected chi connectivity index (χ0v) is 20.0. The Morgan fingerprint density at radius 1 is 1.03 bits per heavy atom. The summed E-state index contributed by atoms with van der Waals surface area (Å²) < 4.78 is 17.0. The smallest absolute Gasteiger partial charge is 0.363 e. The summed E-state index contributed by atoms with van der Waals surface area (Å²) in [6, 6.07) is 19.7. The molecule has 0 spiro atoms. The average molecular weight is 491 g/mol. The molecule has 0 saturated heterocycles. The third kappa shape index (κ3) is 6.28. The summed E-state index contributed by atoms with van der Waals surface area (Å²) in [5.41, 5.74) is 3.12. The minimum Gasteiger partial charge on any atom is -0.490 e. The fourth-order valence-corrected chi connectivity index (χ4v) is 3.46. The molecule has 178 valence electrons. The van der Waals surface area contributed by atoms with Crippen molar-refractivity contribution in [2.24, 2.45) is 4.99 Å². The molecule has 0 bridgehead atoms. The van der Waals surface area contributed by atoms with Gasteiger partial charge in [-0.1, -0.05) is 29.8 Å². The molecule has 0 aliphatic carbocycles. The Balaban J connectivity index is 1.52. The number of benzene rings is 3. The van der Waals surface area contributed by atoms with Crippen LogP contribution in [0, 0.1) is 0 Å². The summed E-state index contributed by atoms with van der Waals surface area (Å²) in [7, 11) is 0. The van der Waals surface area contributed by atoms with Crippen molar-refractivity contribution in [2.75, 3.05) is 11.9 Å². The molecule has 1 N–H and O–H groups in total. The third-order valence-corrected chi connectivity index (χ3v) is 5.20. The molecule has 0 radical (unpaired) electrons. The van der Waals surface area contributed by atoms with Gasteiger partial charge in [0, 0.05) is 23.2 Å². The normalized spacial score (nSPS) is 13.9. The summed E-state index contributed by atoms with van der Waals surface area (Å²) in [5.74, 6) is 0.623. The SMILES string of the molecule is CCOc1cc(/C=C2\N=C(c3ccc(NC(C)=O)cc3)OC2=O)ccc1OCc1ccc(Cl)cc1. The summed E-state index contributed by atoms with van der Waals surface area (Å²) in [5, 5.41) is 3.35. The molecule has 0 fully saturated rings. The highest BCUT2D eigenvalue weighted by Crippen LogP contribution is 2.31. The van der Waals surface area contributed by atoms with E-state index < -0.39 is 5.97 Å². The maximum atomic E-state index is 12.4. The predicted octanol–water partition coefficient (Wildman–Crippen LogP) is 5.62. The Kier molecular flexibility index (Phi) is 7.48. The van der Waals surface area contributed by atoms with Crippen molar-refractivity contribution in [2.45, 2.75) is 20.5 Å². The van der Waals surface area contributed by atoms with Crippen molar-refractivity contribution in [3.63, 3.8) is 0 Å². The number of halogens is 1. The minimum absolute atomic E-state index is 0.166. The molecule has 7 nitrogen and oxygen atoms in total. The van der Waals surface area contributed by atoms with E-state index in [0.717, 1.165) is 5.56 Å². The molecule has 0 aromatic heterocycles. The quantitative estimate of drug-likeness (QED) is 0.327. The van der Waals surface area contributed by atoms with Gasteiger partial charge in [-0.2, -0.15) is 0 Å². The molecule has 3 aromatic rings. The lowest BCUT2D eigenvalue weighted by atomic mass is 10.1. The fourth-order valence-electron chi connectivity index (χ4n) is 3.33. The summed E-state index contributed by atoms with van der Waals surface area (Å²) in [6.07, 6.45) is 1.63. The van der Waals surface area contributed by atoms with Crippen LogP contribution in [-0.4, -0.2) is 24.4 Å². The van der Waals surface area contributed by atoms with E-state index in [1.54, 1.807) is 42.5 Å². The molecule has 4 rings (SSSR count). The van der Waals surface area contributed by atoms with Crippen molar-refractivity contribution in [1.82, 2.24) is 0 Å². The second-order valence-corrected chi connectivity index (χ2v) is 8.09. The Bertz CT molecular complexity index is 1300. The molecular weight excluding hydrogens is 468 g/mol. The number of nitrogens with one attached hydrogen (secondary N) is 1. The van der Waals surface area contributed by atoms with Gasteiger partial charge in [-0.3, -0.25) is 4.79 Å². The Morgan fingerprint density at radius 2 is 1.77 bits per heavy atom. The van der Waals surface area contributed by atoms with Crippen LogP contribution >= 0.6 is 11.6 Å². The number of hydrogen-bond donors (Lipinski definition) is 1. The van der Waals surface area contributed by atoms with Crippen molar-refractivity contribution >= 4 is 41.1 Å². The Hall–Kier alpha value is -4.10. The minimum atomic E-state index is -0.549. The van der Waals surface area contributed by atoms with Gasteiger partial charge in [0.05, 0.1) is 6.61 Å². The van der Waals surface area contributed by atoms with Crippen molar-refractivity contribution in [3.8, 4) is 11.5 Å². The van der Waals surface area contributed by atoms with Crippen molar-refractivity contribution < 1.29 is 23.8 Å². The Morgan fingerprint density at radius 3 is 2.46 bits per heavy atom. The first-order chi connectivity index (χ1) is 16.9. The molecule has 1 amide bonds. The molecule has 0 atom stereocenters. The van der Waals surface area contributed by atoms with Gasteiger partial charge in [0.15, 0.2) is 17.2 Å². The van der Waals surface area contributed by atoms with E-state index in [1.165, 1.54) is 6.92 Å². The number of cyclic esters (lactones) is 1. The van der Waals surface area contributed by atoms with Crippen LogP contribution < -0.4 is 14.8 Å². The topological polar surface area (TPSA) is 86.2 Å². The highest BCUT2D eigenvalue weighted by atomic mass is 35.5. The van der Waals surface area contributed by atoms with Gasteiger partial charge in [0.25, 0.3) is 0 Å². The van der Waals surface area contributed by atoms with Crippen LogP contribution in [0.1, 0.15) is 30.5 Å². The number of aliphatic imine (C=N–C) groups is 1. The first-order valence-corrected chi connectivity index (χ1v) is 11.3. The maximum absolute atomic E-state index is 12.4. The van der Waals surface area contributed by atoms with E-state index in [0.29, 0.717) is 46.5 Å². The summed E-state index contributed by atoms with van der Waals surface area (Å²) >= 11 is 5.94. The molecule has 1 aliphatic heterocycles. The van der Waals surface area contributed by atoms with Gasteiger partial charge in [0.2, 0.25) is 11.8 Å². The van der Waals surface area contributed by atoms with Crippen LogP contribution in [0.4, 0.5) is 5.69 Å². The summed E-state index contributed by atoms with van der Waals surface area (Å²) in [6.45, 7) is 4.13. The second-order valence-electron chi connectivity index (χ2n) is 7.65. The number of anilines is 1. The molecule has 35 heavy (non-hydrogen) atoms. The number of hydrogen-bond acceptors (Lipinski definition) is 6. The molecule has 1 aliphatic rings. The second kappa shape index (κ2) is 10.9. The Labute approximate surface area is 208 Å². The standard InChI is InChI=1S/C27H23ClN2O5/c1-3-33-25-15-19(6-13-24(25)34-16-18-4-9-21(28)10-5-18)14-23-27(32)35-26(30-23)20-7-11-22(12-8-20)29-17(2)31/h4-15H,3,16H2,1-2H3,(H,29,31)/b23-14-. The van der Waals surface area contributed by atoms with Crippen molar-refractivity contribution in [1.29, 1.82) is 0 Å². The van der Waals surface area contributed by atoms with E-state index in [4.69, 9.17) is 25.8 Å². The van der Waals surface area contributed by atoms with E-state index >= 15 is 0 Å². The highest BCUT2D eigenvalue weighted by Gasteiger charge is 2.24. The van der Waals surface area contributed by atoms with E-state index in [9.17, 15) is 9.59 Å². The number of carbonyl (C=O) groups excluding carboxylic acids is 2. The number of nitrogens with zero attached hydrogens (tertiary/aromatic N) is 1. The number of ether oxygens (including phenoxy) is 3. The van der Waals surface area contributed by atoms with Crippen LogP contribution in [-0.2, 0) is 20.9 Å². The third-order valence-electron chi connectivity index (χ3n) is 4.95. The maximum Gasteiger partial charge on any atom is 0.363 e. The zero-order chi connectivity index (χ0) is 24.8. The van der Waals surface area contributed by atoms with Crippen molar-refractivity contribution in [3.05, 3.63) is 94.1 Å². The van der Waals surface area contributed by atoms with E-state index in [1.807, 2.05) is 37.3 Å². The molecule has 1 heterocycles. The van der Waals surface area contributed by atoms with Gasteiger partial charge in [-0.05, 0) is 72.7 Å². The lowest BCUT2D eigenvalue weighted by molar-refractivity contribution is -0.129. The van der Waals surface area contributed by atoms with Crippen LogP contribution in [0.25, 0.3) is 6.08 Å². The number of esters is 1. The van der Waals surface area contributed by atoms with Gasteiger partial charge in [-0.15, -0.1) is 0 Å². The molecule has 3 aromatic carbocycles. The summed E-state index contributed by atoms with van der Waals surface area (Å²) in [4.78, 5) is 27.9. The van der Waals surface area contributed by atoms with E-state index in [2.05, 4.69) is 10.3 Å². The average Bonchev–Trinajstić information content (AvgIpc) is 3.20. The molecule has 0 saturated carbocycles. The zero-order valence-electron chi connectivity index (χ0n) is 19.2.